The quantitative estimate of drug-likeness (QED) is 0.622. The first-order valence-electron chi connectivity index (χ1n) is 8.90. The molecule has 0 spiro atoms. The summed E-state index contributed by atoms with van der Waals surface area (Å²) in [5.41, 5.74) is 2.81. The molecule has 0 aromatic heterocycles. The molecule has 1 amide bonds. The van der Waals surface area contributed by atoms with E-state index in [9.17, 15) is 14.9 Å². The third kappa shape index (κ3) is 4.25. The van der Waals surface area contributed by atoms with Crippen LogP contribution in [0.4, 0.5) is 11.4 Å². The normalized spacial score (nSPS) is 15.9. The highest BCUT2D eigenvalue weighted by molar-refractivity contribution is 5.94. The average molecular weight is 369 g/mol. The maximum Gasteiger partial charge on any atom is 0.271 e. The highest BCUT2D eigenvalue weighted by atomic mass is 16.6. The van der Waals surface area contributed by atoms with Crippen molar-refractivity contribution >= 4 is 17.3 Å². The number of likely N-dealkylation sites (N-methyl/N-ethyl adjacent to an activating group) is 1. The number of methoxy groups -OCH3 is 1. The predicted molar refractivity (Wildman–Crippen MR) is 103 cm³/mol. The Balaban J connectivity index is 1.71. The summed E-state index contributed by atoms with van der Waals surface area (Å²) in [6, 6.07) is 12.7. The number of benzene rings is 2. The van der Waals surface area contributed by atoms with Crippen LogP contribution in [-0.2, 0) is 11.2 Å². The molecule has 2 aromatic rings. The first-order valence-corrected chi connectivity index (χ1v) is 8.90. The van der Waals surface area contributed by atoms with E-state index in [4.69, 9.17) is 4.74 Å². The Hall–Kier alpha value is -2.93. The molecule has 0 saturated heterocycles. The number of fused-ring (bicyclic) bond motifs is 1. The Kier molecular flexibility index (Phi) is 5.71. The van der Waals surface area contributed by atoms with Crippen LogP contribution in [0.3, 0.4) is 0 Å². The summed E-state index contributed by atoms with van der Waals surface area (Å²) in [6.45, 7) is 0.185. The molecule has 0 unspecified atom stereocenters. The van der Waals surface area contributed by atoms with Crippen molar-refractivity contribution in [2.24, 2.45) is 0 Å². The lowest BCUT2D eigenvalue weighted by Crippen LogP contribution is -2.35. The molecule has 7 heteroatoms. The fourth-order valence-electron chi connectivity index (χ4n) is 3.62. The molecule has 2 aromatic carbocycles. The van der Waals surface area contributed by atoms with E-state index >= 15 is 0 Å². The third-order valence-corrected chi connectivity index (χ3v) is 4.93. The van der Waals surface area contributed by atoms with Crippen molar-refractivity contribution in [3.63, 3.8) is 0 Å². The number of aryl methyl sites for hydroxylation is 1. The van der Waals surface area contributed by atoms with Crippen molar-refractivity contribution < 1.29 is 14.5 Å². The number of nitrogens with one attached hydrogen (secondary N) is 1. The number of nitrogens with zero attached hydrogens (tertiary/aromatic N) is 2. The van der Waals surface area contributed by atoms with Crippen LogP contribution in [0.5, 0.6) is 5.75 Å². The highest BCUT2D eigenvalue weighted by Crippen LogP contribution is 2.33. The van der Waals surface area contributed by atoms with Crippen molar-refractivity contribution in [2.45, 2.75) is 25.3 Å². The Morgan fingerprint density at radius 2 is 2.11 bits per heavy atom. The molecule has 1 N–H and O–H groups in total. The van der Waals surface area contributed by atoms with Gasteiger partial charge >= 0.3 is 0 Å². The molecule has 7 nitrogen and oxygen atoms in total. The number of carbonyl (C=O) groups is 1. The minimum absolute atomic E-state index is 0.0966. The zero-order chi connectivity index (χ0) is 19.4. The van der Waals surface area contributed by atoms with Gasteiger partial charge in [0.05, 0.1) is 24.3 Å². The Morgan fingerprint density at radius 3 is 2.85 bits per heavy atom. The highest BCUT2D eigenvalue weighted by Gasteiger charge is 2.25. The molecule has 1 aliphatic rings. The molecular formula is C20H23N3O4. The number of rotatable bonds is 6. The van der Waals surface area contributed by atoms with Crippen molar-refractivity contribution in [2.75, 3.05) is 26.0 Å². The minimum atomic E-state index is -0.500. The fraction of sp³-hybridized carbons (Fsp3) is 0.350. The number of nitro benzene ring substituents is 1. The van der Waals surface area contributed by atoms with Gasteiger partial charge in [-0.05, 0) is 43.5 Å². The summed E-state index contributed by atoms with van der Waals surface area (Å²) in [6.07, 6.45) is 3.16. The summed E-state index contributed by atoms with van der Waals surface area (Å²) in [5.74, 6) is 0.152. The topological polar surface area (TPSA) is 84.7 Å². The second kappa shape index (κ2) is 8.18. The number of hydrogen-bond acceptors (Lipinski definition) is 5. The molecule has 0 fully saturated rings. The van der Waals surface area contributed by atoms with Gasteiger partial charge in [0.25, 0.3) is 5.69 Å². The Bertz CT molecular complexity index is 853. The summed E-state index contributed by atoms with van der Waals surface area (Å²) < 4.78 is 5.20. The minimum Gasteiger partial charge on any atom is -0.495 e. The Morgan fingerprint density at radius 1 is 1.33 bits per heavy atom. The van der Waals surface area contributed by atoms with Gasteiger partial charge in [-0.2, -0.15) is 0 Å². The maximum atomic E-state index is 12.5. The van der Waals surface area contributed by atoms with Gasteiger partial charge in [0.15, 0.2) is 0 Å². The summed E-state index contributed by atoms with van der Waals surface area (Å²) >= 11 is 0. The maximum absolute atomic E-state index is 12.5. The van der Waals surface area contributed by atoms with Crippen molar-refractivity contribution in [1.82, 2.24) is 4.90 Å². The van der Waals surface area contributed by atoms with Gasteiger partial charge in [0, 0.05) is 18.2 Å². The van der Waals surface area contributed by atoms with Crippen LogP contribution in [0.25, 0.3) is 0 Å². The van der Waals surface area contributed by atoms with Gasteiger partial charge in [-0.25, -0.2) is 0 Å². The van der Waals surface area contributed by atoms with E-state index in [1.807, 2.05) is 24.1 Å². The van der Waals surface area contributed by atoms with E-state index in [0.29, 0.717) is 11.4 Å². The molecular weight excluding hydrogens is 346 g/mol. The van der Waals surface area contributed by atoms with Crippen molar-refractivity contribution in [3.05, 3.63) is 63.7 Å². The molecule has 0 radical (unpaired) electrons. The molecule has 0 saturated carbocycles. The molecule has 27 heavy (non-hydrogen) atoms. The summed E-state index contributed by atoms with van der Waals surface area (Å²) in [5, 5.41) is 13.7. The number of anilines is 1. The second-order valence-electron chi connectivity index (χ2n) is 6.71. The van der Waals surface area contributed by atoms with Gasteiger partial charge in [-0.15, -0.1) is 0 Å². The lowest BCUT2D eigenvalue weighted by Gasteiger charge is -2.32. The van der Waals surface area contributed by atoms with Crippen LogP contribution in [0.15, 0.2) is 42.5 Å². The lowest BCUT2D eigenvalue weighted by molar-refractivity contribution is -0.384. The summed E-state index contributed by atoms with van der Waals surface area (Å²) in [4.78, 5) is 25.1. The zero-order valence-corrected chi connectivity index (χ0v) is 15.5. The SMILES string of the molecule is COc1ccc([N+](=O)[O-])cc1NC(=O)CN(C)[C@H]1CCCc2ccccc21. The van der Waals surface area contributed by atoms with Gasteiger partial charge in [0.1, 0.15) is 5.75 Å². The van der Waals surface area contributed by atoms with Crippen LogP contribution < -0.4 is 10.1 Å². The largest absolute Gasteiger partial charge is 0.495 e. The Labute approximate surface area is 158 Å². The molecule has 0 aliphatic heterocycles. The molecule has 1 atom stereocenters. The number of amides is 1. The zero-order valence-electron chi connectivity index (χ0n) is 15.5. The van der Waals surface area contributed by atoms with Crippen LogP contribution in [-0.4, -0.2) is 36.4 Å². The summed E-state index contributed by atoms with van der Waals surface area (Å²) in [7, 11) is 3.39. The number of nitro groups is 1. The average Bonchev–Trinajstić information content (AvgIpc) is 2.67. The molecule has 3 rings (SSSR count). The number of hydrogen-bond donors (Lipinski definition) is 1. The number of ether oxygens (including phenoxy) is 1. The first kappa shape index (κ1) is 18.8. The monoisotopic (exact) mass is 369 g/mol. The van der Waals surface area contributed by atoms with Gasteiger partial charge in [-0.3, -0.25) is 19.8 Å². The van der Waals surface area contributed by atoms with Crippen LogP contribution in [0.1, 0.15) is 30.0 Å². The smallest absolute Gasteiger partial charge is 0.271 e. The van der Waals surface area contributed by atoms with E-state index in [0.717, 1.165) is 19.3 Å². The van der Waals surface area contributed by atoms with Gasteiger partial charge in [0.2, 0.25) is 5.91 Å². The van der Waals surface area contributed by atoms with E-state index in [2.05, 4.69) is 17.4 Å². The molecule has 1 aliphatic carbocycles. The standard InChI is InChI=1S/C20H23N3O4/c1-22(18-9-5-7-14-6-3-4-8-16(14)18)13-20(24)21-17-12-15(23(25)26)10-11-19(17)27-2/h3-4,6,8,10-12,18H,5,7,9,13H2,1-2H3,(H,21,24)/t18-/m0/s1. The van der Waals surface area contributed by atoms with E-state index in [1.54, 1.807) is 0 Å². The third-order valence-electron chi connectivity index (χ3n) is 4.93. The van der Waals surface area contributed by atoms with Gasteiger partial charge in [-0.1, -0.05) is 24.3 Å². The molecule has 142 valence electrons. The molecule has 0 bridgehead atoms. The fourth-order valence-corrected chi connectivity index (χ4v) is 3.62. The first-order chi connectivity index (χ1) is 13.0. The van der Waals surface area contributed by atoms with E-state index < -0.39 is 4.92 Å². The van der Waals surface area contributed by atoms with Crippen molar-refractivity contribution in [1.29, 1.82) is 0 Å². The van der Waals surface area contributed by atoms with Crippen LogP contribution >= 0.6 is 0 Å². The number of carbonyl (C=O) groups excluding carboxylic acids is 1. The lowest BCUT2D eigenvalue weighted by atomic mass is 9.87. The number of non-ortho nitro benzene ring substituents is 1. The van der Waals surface area contributed by atoms with E-state index in [-0.39, 0.29) is 24.2 Å². The van der Waals surface area contributed by atoms with Crippen molar-refractivity contribution in [3.8, 4) is 5.75 Å². The van der Waals surface area contributed by atoms with E-state index in [1.165, 1.54) is 36.4 Å². The predicted octanol–water partition coefficient (Wildman–Crippen LogP) is 3.55. The second-order valence-corrected chi connectivity index (χ2v) is 6.71. The van der Waals surface area contributed by atoms with Crippen LogP contribution in [0, 0.1) is 10.1 Å². The van der Waals surface area contributed by atoms with Crippen LogP contribution in [0.2, 0.25) is 0 Å². The van der Waals surface area contributed by atoms with Gasteiger partial charge < -0.3 is 10.1 Å². The molecule has 0 heterocycles.